The maximum atomic E-state index is 9.63. The summed E-state index contributed by atoms with van der Waals surface area (Å²) in [7, 11) is 0. The van der Waals surface area contributed by atoms with Crippen LogP contribution in [-0.2, 0) is 0 Å². The maximum Gasteiger partial charge on any atom is 0.203 e. The lowest BCUT2D eigenvalue weighted by molar-refractivity contribution is 0.474. The number of hydrogen-bond donors (Lipinski definition) is 2. The van der Waals surface area contributed by atoms with Crippen molar-refractivity contribution in [3.8, 4) is 17.0 Å². The quantitative estimate of drug-likeness (QED) is 0.566. The van der Waals surface area contributed by atoms with Crippen LogP contribution in [0.5, 0.6) is 5.75 Å². The van der Waals surface area contributed by atoms with E-state index < -0.39 is 0 Å². The van der Waals surface area contributed by atoms with Crippen LogP contribution in [0.1, 0.15) is 5.56 Å². The molecule has 3 rings (SSSR count). The number of nitrogens with one attached hydrogen (secondary N) is 1. The largest absolute Gasteiger partial charge is 0.507 e. The summed E-state index contributed by atoms with van der Waals surface area (Å²) < 4.78 is 0. The zero-order valence-corrected chi connectivity index (χ0v) is 11.9. The highest BCUT2D eigenvalue weighted by Crippen LogP contribution is 2.24. The molecule has 2 N–H and O–H groups in total. The third-order valence-electron chi connectivity index (χ3n) is 2.87. The van der Waals surface area contributed by atoms with Crippen molar-refractivity contribution in [3.63, 3.8) is 0 Å². The number of rotatable bonds is 4. The lowest BCUT2D eigenvalue weighted by Gasteiger charge is -1.97. The van der Waals surface area contributed by atoms with Crippen LogP contribution in [-0.4, -0.2) is 16.3 Å². The van der Waals surface area contributed by atoms with E-state index in [1.54, 1.807) is 24.4 Å². The van der Waals surface area contributed by atoms with Gasteiger partial charge in [0.15, 0.2) is 0 Å². The Balaban J connectivity index is 1.70. The van der Waals surface area contributed by atoms with Gasteiger partial charge in [-0.2, -0.15) is 5.10 Å². The van der Waals surface area contributed by atoms with E-state index in [1.165, 1.54) is 11.3 Å². The van der Waals surface area contributed by atoms with E-state index in [0.717, 1.165) is 11.3 Å². The second-order valence-corrected chi connectivity index (χ2v) is 5.19. The molecule has 0 radical (unpaired) electrons. The smallest absolute Gasteiger partial charge is 0.203 e. The predicted molar refractivity (Wildman–Crippen MR) is 86.9 cm³/mol. The minimum atomic E-state index is 0.201. The Morgan fingerprint density at radius 2 is 1.81 bits per heavy atom. The summed E-state index contributed by atoms with van der Waals surface area (Å²) in [5, 5.41) is 16.4. The molecule has 0 aliphatic carbocycles. The minimum Gasteiger partial charge on any atom is -0.507 e. The van der Waals surface area contributed by atoms with Gasteiger partial charge in [-0.1, -0.05) is 42.5 Å². The summed E-state index contributed by atoms with van der Waals surface area (Å²) in [5.74, 6) is 0.201. The highest BCUT2D eigenvalue weighted by molar-refractivity contribution is 7.14. The molecule has 3 aromatic rings. The Morgan fingerprint density at radius 3 is 2.62 bits per heavy atom. The zero-order chi connectivity index (χ0) is 14.5. The van der Waals surface area contributed by atoms with Crippen molar-refractivity contribution in [1.29, 1.82) is 0 Å². The lowest BCUT2D eigenvalue weighted by Crippen LogP contribution is -1.90. The summed E-state index contributed by atoms with van der Waals surface area (Å²) in [6.07, 6.45) is 1.57. The topological polar surface area (TPSA) is 57.5 Å². The molecule has 5 heteroatoms. The van der Waals surface area contributed by atoms with Gasteiger partial charge in [0.25, 0.3) is 0 Å². The fourth-order valence-electron chi connectivity index (χ4n) is 1.82. The van der Waals surface area contributed by atoms with E-state index >= 15 is 0 Å². The number of nitrogens with zero attached hydrogens (tertiary/aromatic N) is 2. The molecule has 0 spiro atoms. The first-order valence-corrected chi connectivity index (χ1v) is 7.29. The molecule has 0 amide bonds. The first-order valence-electron chi connectivity index (χ1n) is 6.41. The van der Waals surface area contributed by atoms with Gasteiger partial charge in [-0.25, -0.2) is 4.98 Å². The number of hydrogen-bond acceptors (Lipinski definition) is 5. The molecular formula is C16H13N3OS. The molecule has 2 aromatic carbocycles. The van der Waals surface area contributed by atoms with E-state index in [-0.39, 0.29) is 5.75 Å². The normalized spacial score (nSPS) is 10.9. The third-order valence-corrected chi connectivity index (χ3v) is 3.62. The highest BCUT2D eigenvalue weighted by atomic mass is 32.1. The van der Waals surface area contributed by atoms with Crippen LogP contribution in [0, 0.1) is 0 Å². The molecule has 0 aliphatic heterocycles. The van der Waals surface area contributed by atoms with Crippen LogP contribution in [0.15, 0.2) is 65.1 Å². The molecule has 0 atom stereocenters. The average Bonchev–Trinajstić information content (AvgIpc) is 2.99. The molecule has 0 saturated heterocycles. The molecule has 0 fully saturated rings. The number of thiazole rings is 1. The molecule has 0 unspecified atom stereocenters. The standard InChI is InChI=1S/C16H13N3OS/c20-15-9-5-4-8-13(15)10-17-19-16-18-14(11-21-16)12-6-2-1-3-7-12/h1-11,20H,(H,18,19). The molecule has 21 heavy (non-hydrogen) atoms. The number of benzene rings is 2. The molecule has 104 valence electrons. The predicted octanol–water partition coefficient (Wildman–Crippen LogP) is 3.96. The van der Waals surface area contributed by atoms with Crippen LogP contribution < -0.4 is 5.43 Å². The number of hydrazone groups is 1. The Morgan fingerprint density at radius 1 is 1.05 bits per heavy atom. The third kappa shape index (κ3) is 3.27. The van der Waals surface area contributed by atoms with Gasteiger partial charge >= 0.3 is 0 Å². The summed E-state index contributed by atoms with van der Waals surface area (Å²) in [6, 6.07) is 17.0. The summed E-state index contributed by atoms with van der Waals surface area (Å²) in [5.41, 5.74) is 5.53. The van der Waals surface area contributed by atoms with Crippen LogP contribution in [0.4, 0.5) is 5.13 Å². The van der Waals surface area contributed by atoms with Gasteiger partial charge < -0.3 is 5.11 Å². The number of aromatic hydroxyl groups is 1. The molecule has 1 aromatic heterocycles. The molecule has 1 heterocycles. The SMILES string of the molecule is Oc1ccccc1C=NNc1nc(-c2ccccc2)cs1. The number of phenolic OH excluding ortho intramolecular Hbond substituents is 1. The highest BCUT2D eigenvalue weighted by Gasteiger charge is 2.02. The molecule has 4 nitrogen and oxygen atoms in total. The summed E-state index contributed by atoms with van der Waals surface area (Å²) >= 11 is 1.49. The molecule has 0 aliphatic rings. The summed E-state index contributed by atoms with van der Waals surface area (Å²) in [6.45, 7) is 0. The van der Waals surface area contributed by atoms with Gasteiger partial charge in [-0.3, -0.25) is 5.43 Å². The van der Waals surface area contributed by atoms with Crippen LogP contribution >= 0.6 is 11.3 Å². The monoisotopic (exact) mass is 295 g/mol. The van der Waals surface area contributed by atoms with Crippen molar-refractivity contribution in [2.24, 2.45) is 5.10 Å². The number of aromatic nitrogens is 1. The van der Waals surface area contributed by atoms with E-state index in [1.807, 2.05) is 41.8 Å². The van der Waals surface area contributed by atoms with Crippen molar-refractivity contribution in [2.75, 3.05) is 5.43 Å². The van der Waals surface area contributed by atoms with Crippen molar-refractivity contribution < 1.29 is 5.11 Å². The fraction of sp³-hybridized carbons (Fsp3) is 0. The van der Waals surface area contributed by atoms with Crippen molar-refractivity contribution in [2.45, 2.75) is 0 Å². The van der Waals surface area contributed by atoms with Crippen LogP contribution in [0.2, 0.25) is 0 Å². The molecule has 0 bridgehead atoms. The van der Waals surface area contributed by atoms with Crippen molar-refractivity contribution >= 4 is 22.7 Å². The second-order valence-electron chi connectivity index (χ2n) is 4.33. The Hall–Kier alpha value is -2.66. The van der Waals surface area contributed by atoms with E-state index in [9.17, 15) is 5.11 Å². The van der Waals surface area contributed by atoms with Crippen LogP contribution in [0.25, 0.3) is 11.3 Å². The second kappa shape index (κ2) is 6.19. The first-order chi connectivity index (χ1) is 10.3. The zero-order valence-electron chi connectivity index (χ0n) is 11.1. The van der Waals surface area contributed by atoms with Gasteiger partial charge in [0.05, 0.1) is 11.9 Å². The molecular weight excluding hydrogens is 282 g/mol. The van der Waals surface area contributed by atoms with E-state index in [4.69, 9.17) is 0 Å². The van der Waals surface area contributed by atoms with Crippen LogP contribution in [0.3, 0.4) is 0 Å². The maximum absolute atomic E-state index is 9.63. The van der Waals surface area contributed by atoms with Gasteiger partial charge in [0, 0.05) is 16.5 Å². The number of anilines is 1. The van der Waals surface area contributed by atoms with Crippen molar-refractivity contribution in [1.82, 2.24) is 4.98 Å². The van der Waals surface area contributed by atoms with Gasteiger partial charge in [0.2, 0.25) is 5.13 Å². The van der Waals surface area contributed by atoms with E-state index in [2.05, 4.69) is 15.5 Å². The fourth-order valence-corrected chi connectivity index (χ4v) is 2.49. The Bertz CT molecular complexity index is 753. The number of para-hydroxylation sites is 1. The number of phenols is 1. The van der Waals surface area contributed by atoms with Gasteiger partial charge in [-0.15, -0.1) is 11.3 Å². The minimum absolute atomic E-state index is 0.201. The summed E-state index contributed by atoms with van der Waals surface area (Å²) in [4.78, 5) is 4.47. The Labute approximate surface area is 126 Å². The lowest BCUT2D eigenvalue weighted by atomic mass is 10.2. The molecule has 0 saturated carbocycles. The van der Waals surface area contributed by atoms with E-state index in [0.29, 0.717) is 10.7 Å². The first kappa shape index (κ1) is 13.3. The van der Waals surface area contributed by atoms with Gasteiger partial charge in [0.1, 0.15) is 5.75 Å². The van der Waals surface area contributed by atoms with Crippen molar-refractivity contribution in [3.05, 3.63) is 65.5 Å². The van der Waals surface area contributed by atoms with Gasteiger partial charge in [-0.05, 0) is 12.1 Å². The average molecular weight is 295 g/mol. The Kier molecular flexibility index (Phi) is 3.93.